The molecule has 1 rings (SSSR count). The molecule has 0 spiro atoms. The van der Waals surface area contributed by atoms with Crippen LogP contribution in [-0.4, -0.2) is 18.6 Å². The molecule has 1 fully saturated rings. The van der Waals surface area contributed by atoms with Crippen molar-refractivity contribution in [2.24, 2.45) is 11.7 Å². The minimum absolute atomic E-state index is 0.0624. The van der Waals surface area contributed by atoms with Crippen LogP contribution < -0.4 is 5.73 Å². The van der Waals surface area contributed by atoms with Crippen molar-refractivity contribution in [3.05, 3.63) is 0 Å². The molecule has 0 saturated heterocycles. The normalized spacial score (nSPS) is 29.8. The Morgan fingerprint density at radius 3 is 2.92 bits per heavy atom. The summed E-state index contributed by atoms with van der Waals surface area (Å²) in [6, 6.07) is 0.202. The van der Waals surface area contributed by atoms with Crippen LogP contribution >= 0.6 is 0 Å². The van der Waals surface area contributed by atoms with Gasteiger partial charge in [-0.1, -0.05) is 6.42 Å². The van der Waals surface area contributed by atoms with Crippen molar-refractivity contribution in [3.8, 4) is 0 Å². The fourth-order valence-electron chi connectivity index (χ4n) is 1.70. The highest BCUT2D eigenvalue weighted by Gasteiger charge is 2.25. The van der Waals surface area contributed by atoms with Gasteiger partial charge in [-0.3, -0.25) is 4.79 Å². The van der Waals surface area contributed by atoms with Gasteiger partial charge >= 0.3 is 5.97 Å². The van der Waals surface area contributed by atoms with Gasteiger partial charge in [0.15, 0.2) is 0 Å². The monoisotopic (exact) mass is 171 g/mol. The van der Waals surface area contributed by atoms with Gasteiger partial charge in [0.1, 0.15) is 0 Å². The molecule has 0 aromatic heterocycles. The molecule has 3 nitrogen and oxygen atoms in total. The zero-order valence-corrected chi connectivity index (χ0v) is 7.58. The summed E-state index contributed by atoms with van der Waals surface area (Å²) in [4.78, 5) is 11.3. The van der Waals surface area contributed by atoms with Gasteiger partial charge in [-0.25, -0.2) is 0 Å². The molecule has 2 atom stereocenters. The minimum atomic E-state index is -0.0624. The summed E-state index contributed by atoms with van der Waals surface area (Å²) in [5, 5.41) is 0. The Hall–Kier alpha value is -0.570. The van der Waals surface area contributed by atoms with E-state index in [0.717, 1.165) is 25.7 Å². The van der Waals surface area contributed by atoms with E-state index >= 15 is 0 Å². The number of esters is 1. The predicted octanol–water partition coefficient (Wildman–Crippen LogP) is 1.07. The lowest BCUT2D eigenvalue weighted by atomic mass is 9.86. The van der Waals surface area contributed by atoms with Gasteiger partial charge in [0.05, 0.1) is 12.5 Å². The van der Waals surface area contributed by atoms with Crippen LogP contribution in [0.3, 0.4) is 0 Å². The Bertz CT molecular complexity index is 159. The fraction of sp³-hybridized carbons (Fsp3) is 0.889. The van der Waals surface area contributed by atoms with Gasteiger partial charge < -0.3 is 10.5 Å². The second-order valence-corrected chi connectivity index (χ2v) is 3.38. The van der Waals surface area contributed by atoms with Crippen molar-refractivity contribution in [1.29, 1.82) is 0 Å². The Labute approximate surface area is 73.3 Å². The van der Waals surface area contributed by atoms with Gasteiger partial charge in [-0.2, -0.15) is 0 Å². The van der Waals surface area contributed by atoms with E-state index in [1.165, 1.54) is 0 Å². The van der Waals surface area contributed by atoms with E-state index in [-0.39, 0.29) is 17.9 Å². The number of rotatable bonds is 2. The van der Waals surface area contributed by atoms with E-state index in [9.17, 15) is 4.79 Å². The average Bonchev–Trinajstić information content (AvgIpc) is 2.05. The molecule has 0 unspecified atom stereocenters. The van der Waals surface area contributed by atoms with Crippen molar-refractivity contribution in [3.63, 3.8) is 0 Å². The first-order valence-corrected chi connectivity index (χ1v) is 4.66. The zero-order chi connectivity index (χ0) is 8.97. The Morgan fingerprint density at radius 1 is 1.58 bits per heavy atom. The van der Waals surface area contributed by atoms with E-state index in [1.54, 1.807) is 0 Å². The molecule has 3 heteroatoms. The molecule has 1 saturated carbocycles. The second-order valence-electron chi connectivity index (χ2n) is 3.38. The van der Waals surface area contributed by atoms with Gasteiger partial charge in [-0.05, 0) is 26.2 Å². The Kier molecular flexibility index (Phi) is 3.53. The predicted molar refractivity (Wildman–Crippen MR) is 46.6 cm³/mol. The van der Waals surface area contributed by atoms with E-state index in [0.29, 0.717) is 6.61 Å². The van der Waals surface area contributed by atoms with Crippen LogP contribution in [0.2, 0.25) is 0 Å². The van der Waals surface area contributed by atoms with Crippen LogP contribution in [0.1, 0.15) is 32.6 Å². The van der Waals surface area contributed by atoms with Crippen molar-refractivity contribution >= 4 is 5.97 Å². The number of hydrogen-bond donors (Lipinski definition) is 1. The Morgan fingerprint density at radius 2 is 2.33 bits per heavy atom. The Balaban J connectivity index is 2.35. The van der Waals surface area contributed by atoms with Gasteiger partial charge in [0.2, 0.25) is 0 Å². The van der Waals surface area contributed by atoms with Gasteiger partial charge in [0.25, 0.3) is 0 Å². The highest BCUT2D eigenvalue weighted by Crippen LogP contribution is 2.23. The molecular formula is C9H17NO2. The second kappa shape index (κ2) is 4.45. The summed E-state index contributed by atoms with van der Waals surface area (Å²) in [5.74, 6) is 0.00125. The quantitative estimate of drug-likeness (QED) is 0.632. The highest BCUT2D eigenvalue weighted by atomic mass is 16.5. The van der Waals surface area contributed by atoms with E-state index in [2.05, 4.69) is 0 Å². The SMILES string of the molecule is CCOC(=O)[C@@H]1CCC[C@@H](N)C1. The number of hydrogen-bond acceptors (Lipinski definition) is 3. The first-order chi connectivity index (χ1) is 5.74. The third-order valence-corrected chi connectivity index (χ3v) is 2.33. The number of carbonyl (C=O) groups excluding carboxylic acids is 1. The van der Waals surface area contributed by atoms with E-state index in [1.807, 2.05) is 6.92 Å². The molecule has 1 aliphatic carbocycles. The van der Waals surface area contributed by atoms with Crippen LogP contribution in [0.5, 0.6) is 0 Å². The fourth-order valence-corrected chi connectivity index (χ4v) is 1.70. The molecule has 0 amide bonds. The maximum Gasteiger partial charge on any atom is 0.308 e. The number of nitrogens with two attached hydrogens (primary N) is 1. The molecule has 0 radical (unpaired) electrons. The highest BCUT2D eigenvalue weighted by molar-refractivity contribution is 5.72. The van der Waals surface area contributed by atoms with Crippen LogP contribution in [-0.2, 0) is 9.53 Å². The lowest BCUT2D eigenvalue weighted by molar-refractivity contribution is -0.149. The summed E-state index contributed by atoms with van der Waals surface area (Å²) >= 11 is 0. The zero-order valence-electron chi connectivity index (χ0n) is 7.58. The number of carbonyl (C=O) groups is 1. The maximum absolute atomic E-state index is 11.3. The lowest BCUT2D eigenvalue weighted by Gasteiger charge is -2.24. The molecule has 0 bridgehead atoms. The molecule has 0 aromatic carbocycles. The van der Waals surface area contributed by atoms with Gasteiger partial charge in [0, 0.05) is 6.04 Å². The third-order valence-electron chi connectivity index (χ3n) is 2.33. The summed E-state index contributed by atoms with van der Waals surface area (Å²) in [5.41, 5.74) is 5.75. The summed E-state index contributed by atoms with van der Waals surface area (Å²) in [6.45, 7) is 2.31. The van der Waals surface area contributed by atoms with Crippen molar-refractivity contribution in [2.45, 2.75) is 38.6 Å². The first-order valence-electron chi connectivity index (χ1n) is 4.66. The van der Waals surface area contributed by atoms with Crippen molar-refractivity contribution in [1.82, 2.24) is 0 Å². The summed E-state index contributed by atoms with van der Waals surface area (Å²) in [6.07, 6.45) is 3.87. The third kappa shape index (κ3) is 2.48. The largest absolute Gasteiger partial charge is 0.466 e. The smallest absolute Gasteiger partial charge is 0.308 e. The molecule has 12 heavy (non-hydrogen) atoms. The van der Waals surface area contributed by atoms with Crippen LogP contribution in [0, 0.1) is 5.92 Å². The molecule has 70 valence electrons. The molecule has 1 aliphatic rings. The number of ether oxygens (including phenoxy) is 1. The lowest BCUT2D eigenvalue weighted by Crippen LogP contribution is -2.32. The topological polar surface area (TPSA) is 52.3 Å². The van der Waals surface area contributed by atoms with Crippen LogP contribution in [0.4, 0.5) is 0 Å². The molecule has 0 aromatic rings. The van der Waals surface area contributed by atoms with Crippen molar-refractivity contribution in [2.75, 3.05) is 6.61 Å². The molecule has 0 heterocycles. The van der Waals surface area contributed by atoms with Gasteiger partial charge in [-0.15, -0.1) is 0 Å². The minimum Gasteiger partial charge on any atom is -0.466 e. The average molecular weight is 171 g/mol. The van der Waals surface area contributed by atoms with Crippen LogP contribution in [0.15, 0.2) is 0 Å². The summed E-state index contributed by atoms with van der Waals surface area (Å²) < 4.78 is 4.94. The van der Waals surface area contributed by atoms with Crippen molar-refractivity contribution < 1.29 is 9.53 Å². The first kappa shape index (κ1) is 9.52. The summed E-state index contributed by atoms with van der Waals surface area (Å²) in [7, 11) is 0. The van der Waals surface area contributed by atoms with E-state index in [4.69, 9.17) is 10.5 Å². The molecular weight excluding hydrogens is 154 g/mol. The standard InChI is InChI=1S/C9H17NO2/c1-2-12-9(11)7-4-3-5-8(10)6-7/h7-8H,2-6,10H2,1H3/t7-,8-/m1/s1. The van der Waals surface area contributed by atoms with Crippen LogP contribution in [0.25, 0.3) is 0 Å². The maximum atomic E-state index is 11.3. The van der Waals surface area contributed by atoms with E-state index < -0.39 is 0 Å². The molecule has 0 aliphatic heterocycles. The molecule has 2 N–H and O–H groups in total.